The molecule has 0 aliphatic carbocycles. The zero-order valence-electron chi connectivity index (χ0n) is 11.9. The van der Waals surface area contributed by atoms with Gasteiger partial charge in [0.25, 0.3) is 0 Å². The van der Waals surface area contributed by atoms with Crippen molar-refractivity contribution in [1.82, 2.24) is 9.62 Å². The summed E-state index contributed by atoms with van der Waals surface area (Å²) in [5, 5.41) is 0. The fourth-order valence-corrected chi connectivity index (χ4v) is 4.42. The van der Waals surface area contributed by atoms with Crippen molar-refractivity contribution in [3.8, 4) is 0 Å². The Balaban J connectivity index is 2.67. The van der Waals surface area contributed by atoms with Crippen LogP contribution in [0.25, 0.3) is 0 Å². The number of nitrogens with zero attached hydrogens (tertiary/aromatic N) is 1. The molecule has 114 valence electrons. The van der Waals surface area contributed by atoms with Crippen LogP contribution in [0.1, 0.15) is 20.3 Å². The molecule has 0 bridgehead atoms. The smallest absolute Gasteiger partial charge is 0.241 e. The van der Waals surface area contributed by atoms with Crippen molar-refractivity contribution in [1.29, 1.82) is 0 Å². The van der Waals surface area contributed by atoms with Crippen molar-refractivity contribution in [2.45, 2.75) is 31.2 Å². The fraction of sp³-hybridized carbons (Fsp3) is 0.538. The Kier molecular flexibility index (Phi) is 7.14. The van der Waals surface area contributed by atoms with Crippen LogP contribution in [0, 0.1) is 0 Å². The topological polar surface area (TPSA) is 49.4 Å². The number of rotatable bonds is 7. The molecule has 1 aromatic rings. The highest BCUT2D eigenvalue weighted by Crippen LogP contribution is 2.25. The van der Waals surface area contributed by atoms with Gasteiger partial charge in [0.2, 0.25) is 10.0 Å². The standard InChI is InChI=1S/C13H20Br2N2O2S/c1-4-10(2)17(3)8-7-16-20(18,19)13-6-5-11(14)9-12(13)15/h5-6,9-10,16H,4,7-8H2,1-3H3. The number of nitrogens with one attached hydrogen (secondary N) is 1. The molecule has 7 heteroatoms. The maximum absolute atomic E-state index is 12.2. The Labute approximate surface area is 138 Å². The van der Waals surface area contributed by atoms with Crippen LogP contribution in [0.5, 0.6) is 0 Å². The van der Waals surface area contributed by atoms with Crippen molar-refractivity contribution in [3.63, 3.8) is 0 Å². The van der Waals surface area contributed by atoms with Crippen LogP contribution in [0.4, 0.5) is 0 Å². The van der Waals surface area contributed by atoms with Crippen molar-refractivity contribution in [3.05, 3.63) is 27.1 Å². The summed E-state index contributed by atoms with van der Waals surface area (Å²) in [5.41, 5.74) is 0. The van der Waals surface area contributed by atoms with Crippen LogP contribution in [-0.4, -0.2) is 39.5 Å². The molecule has 1 aromatic carbocycles. The minimum absolute atomic E-state index is 0.256. The third kappa shape index (κ3) is 5.11. The van der Waals surface area contributed by atoms with E-state index < -0.39 is 10.0 Å². The average Bonchev–Trinajstić information content (AvgIpc) is 2.36. The second kappa shape index (κ2) is 7.89. The maximum atomic E-state index is 12.2. The average molecular weight is 428 g/mol. The van der Waals surface area contributed by atoms with E-state index in [4.69, 9.17) is 0 Å². The molecule has 1 atom stereocenters. The molecule has 0 spiro atoms. The second-order valence-electron chi connectivity index (χ2n) is 4.71. The van der Waals surface area contributed by atoms with Crippen LogP contribution < -0.4 is 4.72 Å². The van der Waals surface area contributed by atoms with E-state index in [-0.39, 0.29) is 4.90 Å². The van der Waals surface area contributed by atoms with Gasteiger partial charge in [-0.3, -0.25) is 0 Å². The zero-order valence-corrected chi connectivity index (χ0v) is 15.8. The highest BCUT2D eigenvalue weighted by molar-refractivity contribution is 9.11. The molecule has 0 amide bonds. The van der Waals surface area contributed by atoms with Crippen molar-refractivity contribution >= 4 is 41.9 Å². The number of sulfonamides is 1. The molecule has 4 nitrogen and oxygen atoms in total. The Morgan fingerprint density at radius 2 is 2.00 bits per heavy atom. The highest BCUT2D eigenvalue weighted by atomic mass is 79.9. The number of halogens is 2. The predicted molar refractivity (Wildman–Crippen MR) is 89.4 cm³/mol. The van der Waals surface area contributed by atoms with Gasteiger partial charge in [-0.1, -0.05) is 22.9 Å². The zero-order chi connectivity index (χ0) is 15.3. The number of hydrogen-bond donors (Lipinski definition) is 1. The summed E-state index contributed by atoms with van der Waals surface area (Å²) in [6.07, 6.45) is 1.04. The number of hydrogen-bond acceptors (Lipinski definition) is 3. The molecule has 20 heavy (non-hydrogen) atoms. The van der Waals surface area contributed by atoms with Gasteiger partial charge >= 0.3 is 0 Å². The van der Waals surface area contributed by atoms with Crippen LogP contribution in [0.3, 0.4) is 0 Å². The molecule has 0 aliphatic heterocycles. The molecular formula is C13H20Br2N2O2S. The van der Waals surface area contributed by atoms with E-state index in [1.165, 1.54) is 0 Å². The highest BCUT2D eigenvalue weighted by Gasteiger charge is 2.17. The van der Waals surface area contributed by atoms with Crippen molar-refractivity contribution in [2.24, 2.45) is 0 Å². The predicted octanol–water partition coefficient (Wildman–Crippen LogP) is 3.22. The van der Waals surface area contributed by atoms with E-state index >= 15 is 0 Å². The quantitative estimate of drug-likeness (QED) is 0.726. The van der Waals surface area contributed by atoms with Gasteiger partial charge in [-0.05, 0) is 54.5 Å². The molecule has 1 N–H and O–H groups in total. The van der Waals surface area contributed by atoms with E-state index in [0.717, 1.165) is 10.9 Å². The number of benzene rings is 1. The third-order valence-corrected chi connectivity index (χ3v) is 6.21. The first kappa shape index (κ1) is 18.1. The summed E-state index contributed by atoms with van der Waals surface area (Å²) >= 11 is 6.59. The van der Waals surface area contributed by atoms with Crippen molar-refractivity contribution in [2.75, 3.05) is 20.1 Å². The summed E-state index contributed by atoms with van der Waals surface area (Å²) in [6, 6.07) is 5.46. The van der Waals surface area contributed by atoms with Crippen LogP contribution >= 0.6 is 31.9 Å². The van der Waals surface area contributed by atoms with Crippen LogP contribution in [0.15, 0.2) is 32.0 Å². The Bertz CT molecular complexity index is 549. The molecule has 0 heterocycles. The normalized spacial score (nSPS) is 13.7. The van der Waals surface area contributed by atoms with E-state index in [1.807, 2.05) is 7.05 Å². The van der Waals surface area contributed by atoms with E-state index in [2.05, 4.69) is 55.3 Å². The SMILES string of the molecule is CCC(C)N(C)CCNS(=O)(=O)c1ccc(Br)cc1Br. The lowest BCUT2D eigenvalue weighted by Gasteiger charge is -2.23. The maximum Gasteiger partial charge on any atom is 0.241 e. The van der Waals surface area contributed by atoms with Gasteiger partial charge in [-0.15, -0.1) is 0 Å². The van der Waals surface area contributed by atoms with Gasteiger partial charge in [0, 0.05) is 28.1 Å². The van der Waals surface area contributed by atoms with E-state index in [9.17, 15) is 8.42 Å². The fourth-order valence-electron chi connectivity index (χ4n) is 1.66. The summed E-state index contributed by atoms with van der Waals surface area (Å²) in [7, 11) is -1.48. The molecular weight excluding hydrogens is 408 g/mol. The van der Waals surface area contributed by atoms with Gasteiger partial charge in [0.15, 0.2) is 0 Å². The van der Waals surface area contributed by atoms with Crippen LogP contribution in [0.2, 0.25) is 0 Å². The summed E-state index contributed by atoms with van der Waals surface area (Å²) < 4.78 is 28.4. The first-order valence-electron chi connectivity index (χ1n) is 6.43. The summed E-state index contributed by atoms with van der Waals surface area (Å²) in [6.45, 7) is 5.32. The molecule has 0 aliphatic rings. The first-order chi connectivity index (χ1) is 9.27. The van der Waals surface area contributed by atoms with Gasteiger partial charge in [-0.25, -0.2) is 13.1 Å². The minimum atomic E-state index is -3.48. The lowest BCUT2D eigenvalue weighted by molar-refractivity contribution is 0.256. The largest absolute Gasteiger partial charge is 0.302 e. The molecule has 0 fully saturated rings. The third-order valence-electron chi connectivity index (χ3n) is 3.28. The monoisotopic (exact) mass is 426 g/mol. The first-order valence-corrected chi connectivity index (χ1v) is 9.49. The Hall–Kier alpha value is 0.0500. The molecule has 1 rings (SSSR count). The second-order valence-corrected chi connectivity index (χ2v) is 8.22. The van der Waals surface area contributed by atoms with Gasteiger partial charge in [0.05, 0.1) is 4.90 Å². The summed E-state index contributed by atoms with van der Waals surface area (Å²) in [5.74, 6) is 0. The minimum Gasteiger partial charge on any atom is -0.302 e. The Morgan fingerprint density at radius 3 is 2.55 bits per heavy atom. The summed E-state index contributed by atoms with van der Waals surface area (Å²) in [4.78, 5) is 2.39. The molecule has 0 radical (unpaired) electrons. The lowest BCUT2D eigenvalue weighted by Crippen LogP contribution is -2.37. The molecule has 0 saturated carbocycles. The lowest BCUT2D eigenvalue weighted by atomic mass is 10.2. The van der Waals surface area contributed by atoms with Gasteiger partial charge in [0.1, 0.15) is 0 Å². The Morgan fingerprint density at radius 1 is 1.35 bits per heavy atom. The molecule has 1 unspecified atom stereocenters. The van der Waals surface area contributed by atoms with Gasteiger partial charge < -0.3 is 4.90 Å². The van der Waals surface area contributed by atoms with E-state index in [1.54, 1.807) is 18.2 Å². The number of likely N-dealkylation sites (N-methyl/N-ethyl adjacent to an activating group) is 1. The van der Waals surface area contributed by atoms with Gasteiger partial charge in [-0.2, -0.15) is 0 Å². The molecule has 0 saturated heterocycles. The van der Waals surface area contributed by atoms with Crippen LogP contribution in [-0.2, 0) is 10.0 Å². The van der Waals surface area contributed by atoms with E-state index in [0.29, 0.717) is 23.6 Å². The van der Waals surface area contributed by atoms with Crippen molar-refractivity contribution < 1.29 is 8.42 Å². The molecule has 0 aromatic heterocycles.